The van der Waals surface area contributed by atoms with Crippen molar-refractivity contribution in [1.82, 2.24) is 10.2 Å². The maximum absolute atomic E-state index is 13.4. The summed E-state index contributed by atoms with van der Waals surface area (Å²) in [6.07, 6.45) is 2.81. The average molecular weight is 447 g/mol. The zero-order chi connectivity index (χ0) is 23.0. The highest BCUT2D eigenvalue weighted by Crippen LogP contribution is 2.46. The molecule has 5 nitrogen and oxygen atoms in total. The summed E-state index contributed by atoms with van der Waals surface area (Å²) in [6.45, 7) is 12.7. The number of carbonyl (C=O) groups excluding carboxylic acids is 2. The van der Waals surface area contributed by atoms with Crippen LogP contribution in [-0.2, 0) is 15.2 Å². The Balaban J connectivity index is 1.73. The van der Waals surface area contributed by atoms with E-state index in [1.54, 1.807) is 17.0 Å². The molecule has 3 atom stereocenters. The Morgan fingerprint density at radius 3 is 2.42 bits per heavy atom. The van der Waals surface area contributed by atoms with E-state index in [0.717, 1.165) is 24.0 Å². The van der Waals surface area contributed by atoms with Gasteiger partial charge in [0.2, 0.25) is 11.8 Å². The first kappa shape index (κ1) is 23.8. The number of benzene rings is 1. The molecule has 31 heavy (non-hydrogen) atoms. The third-order valence-corrected chi connectivity index (χ3v) is 7.32. The third-order valence-electron chi connectivity index (χ3n) is 7.07. The largest absolute Gasteiger partial charge is 0.384 e. The molecule has 3 rings (SSSR count). The highest BCUT2D eigenvalue weighted by atomic mass is 35.5. The normalized spacial score (nSPS) is 26.7. The number of hydrogen-bond donors (Lipinski definition) is 2. The van der Waals surface area contributed by atoms with Gasteiger partial charge >= 0.3 is 0 Å². The molecule has 2 N–H and O–H groups in total. The predicted molar refractivity (Wildman–Crippen MR) is 124 cm³/mol. The van der Waals surface area contributed by atoms with Crippen molar-refractivity contribution in [2.24, 2.45) is 17.3 Å². The second kappa shape index (κ2) is 8.95. The molecule has 2 aliphatic rings. The van der Waals surface area contributed by atoms with Crippen LogP contribution in [0.4, 0.5) is 0 Å². The summed E-state index contributed by atoms with van der Waals surface area (Å²) in [6, 6.07) is 6.70. The lowest BCUT2D eigenvalue weighted by Gasteiger charge is -2.51. The van der Waals surface area contributed by atoms with Gasteiger partial charge in [0.05, 0.1) is 5.60 Å². The molecule has 0 spiro atoms. The number of hydrogen-bond acceptors (Lipinski definition) is 3. The molecular weight excluding hydrogens is 412 g/mol. The van der Waals surface area contributed by atoms with Gasteiger partial charge in [-0.15, -0.1) is 0 Å². The average Bonchev–Trinajstić information content (AvgIpc) is 3.14. The molecule has 6 heteroatoms. The maximum Gasteiger partial charge on any atom is 0.245 e. The monoisotopic (exact) mass is 446 g/mol. The zero-order valence-electron chi connectivity index (χ0n) is 19.1. The van der Waals surface area contributed by atoms with E-state index >= 15 is 0 Å². The second-order valence-corrected chi connectivity index (χ2v) is 10.6. The Kier molecular flexibility index (Phi) is 6.87. The third kappa shape index (κ3) is 4.83. The van der Waals surface area contributed by atoms with E-state index in [1.165, 1.54) is 0 Å². The number of halogens is 1. The lowest BCUT2D eigenvalue weighted by Crippen LogP contribution is -2.60. The Bertz CT molecular complexity index is 849. The van der Waals surface area contributed by atoms with E-state index in [2.05, 4.69) is 11.9 Å². The van der Waals surface area contributed by atoms with Crippen LogP contribution in [-0.4, -0.2) is 41.0 Å². The molecule has 170 valence electrons. The molecule has 2 fully saturated rings. The van der Waals surface area contributed by atoms with Crippen molar-refractivity contribution in [3.8, 4) is 0 Å². The van der Waals surface area contributed by atoms with Crippen LogP contribution >= 0.6 is 11.6 Å². The molecule has 0 aromatic heterocycles. The van der Waals surface area contributed by atoms with Crippen LogP contribution in [0.1, 0.15) is 58.9 Å². The molecule has 1 heterocycles. The van der Waals surface area contributed by atoms with Gasteiger partial charge in [0, 0.05) is 29.4 Å². The van der Waals surface area contributed by atoms with E-state index < -0.39 is 17.1 Å². The van der Waals surface area contributed by atoms with E-state index in [9.17, 15) is 14.7 Å². The standard InChI is InChI=1S/C25H35ClN2O3/c1-16(2)21(27-22(29)18-7-6-17(3)14-18)23(30)28-13-12-25(31,24(4,5)15-28)19-8-10-20(26)11-9-19/h8-11,16,18,21,31H,3,6-7,12-15H2,1-2,4-5H3,(H,27,29)/t18?,21-,25+/m1/s1. The molecule has 0 bridgehead atoms. The van der Waals surface area contributed by atoms with E-state index in [4.69, 9.17) is 11.6 Å². The lowest BCUT2D eigenvalue weighted by molar-refractivity contribution is -0.157. The molecule has 1 aliphatic heterocycles. The number of allylic oxidation sites excluding steroid dienone is 1. The zero-order valence-corrected chi connectivity index (χ0v) is 19.8. The number of aliphatic hydroxyl groups is 1. The fourth-order valence-corrected chi connectivity index (χ4v) is 5.03. The SMILES string of the molecule is C=C1CCC(C(=O)N[C@@H](C(=O)N2CC[C@](O)(c3ccc(Cl)cc3)C(C)(C)C2)C(C)C)C1. The molecule has 0 radical (unpaired) electrons. The van der Waals surface area contributed by atoms with Gasteiger partial charge < -0.3 is 15.3 Å². The van der Waals surface area contributed by atoms with Crippen molar-refractivity contribution in [3.05, 3.63) is 47.0 Å². The van der Waals surface area contributed by atoms with Gasteiger partial charge in [-0.2, -0.15) is 0 Å². The number of nitrogens with one attached hydrogen (secondary N) is 1. The van der Waals surface area contributed by atoms with Crippen molar-refractivity contribution in [2.45, 2.75) is 65.0 Å². The van der Waals surface area contributed by atoms with E-state index in [1.807, 2.05) is 39.8 Å². The molecular formula is C25H35ClN2O3. The van der Waals surface area contributed by atoms with Gasteiger partial charge in [0.15, 0.2) is 0 Å². The van der Waals surface area contributed by atoms with Gasteiger partial charge in [0.1, 0.15) is 6.04 Å². The fourth-order valence-electron chi connectivity index (χ4n) is 4.91. The Morgan fingerprint density at radius 2 is 1.90 bits per heavy atom. The Hall–Kier alpha value is -1.85. The number of rotatable bonds is 5. The van der Waals surface area contributed by atoms with Crippen molar-refractivity contribution in [2.75, 3.05) is 13.1 Å². The quantitative estimate of drug-likeness (QED) is 0.663. The maximum atomic E-state index is 13.4. The Labute approximate surface area is 190 Å². The molecule has 1 aliphatic carbocycles. The van der Waals surface area contributed by atoms with Crippen LogP contribution in [0.5, 0.6) is 0 Å². The fraction of sp³-hybridized carbons (Fsp3) is 0.600. The number of carbonyl (C=O) groups is 2. The summed E-state index contributed by atoms with van der Waals surface area (Å²) in [4.78, 5) is 28.0. The molecule has 1 aromatic carbocycles. The summed E-state index contributed by atoms with van der Waals surface area (Å²) < 4.78 is 0. The Morgan fingerprint density at radius 1 is 1.26 bits per heavy atom. The number of amides is 2. The number of likely N-dealkylation sites (tertiary alicyclic amines) is 1. The number of piperidine rings is 1. The van der Waals surface area contributed by atoms with Gasteiger partial charge in [-0.3, -0.25) is 9.59 Å². The van der Waals surface area contributed by atoms with Crippen LogP contribution in [0, 0.1) is 17.3 Å². The van der Waals surface area contributed by atoms with Crippen molar-refractivity contribution < 1.29 is 14.7 Å². The molecule has 1 unspecified atom stereocenters. The summed E-state index contributed by atoms with van der Waals surface area (Å²) in [5.74, 6) is -0.248. The van der Waals surface area contributed by atoms with Crippen LogP contribution in [0.25, 0.3) is 0 Å². The highest BCUT2D eigenvalue weighted by molar-refractivity contribution is 6.30. The minimum Gasteiger partial charge on any atom is -0.384 e. The highest BCUT2D eigenvalue weighted by Gasteiger charge is 2.50. The summed E-state index contributed by atoms with van der Waals surface area (Å²) >= 11 is 6.02. The first-order valence-corrected chi connectivity index (χ1v) is 11.6. The van der Waals surface area contributed by atoms with E-state index in [0.29, 0.717) is 31.0 Å². The molecule has 1 saturated heterocycles. The predicted octanol–water partition coefficient (Wildman–Crippen LogP) is 4.28. The van der Waals surface area contributed by atoms with Crippen molar-refractivity contribution >= 4 is 23.4 Å². The van der Waals surface area contributed by atoms with Gasteiger partial charge in [-0.1, -0.05) is 63.6 Å². The van der Waals surface area contributed by atoms with Crippen molar-refractivity contribution in [1.29, 1.82) is 0 Å². The minimum absolute atomic E-state index is 0.0266. The summed E-state index contributed by atoms with van der Waals surface area (Å²) in [5.41, 5.74) is 0.287. The van der Waals surface area contributed by atoms with Gasteiger partial charge in [-0.25, -0.2) is 0 Å². The first-order chi connectivity index (χ1) is 14.4. The summed E-state index contributed by atoms with van der Waals surface area (Å²) in [7, 11) is 0. The van der Waals surface area contributed by atoms with Crippen LogP contribution in [0.3, 0.4) is 0 Å². The first-order valence-electron chi connectivity index (χ1n) is 11.2. The van der Waals surface area contributed by atoms with Crippen LogP contribution < -0.4 is 5.32 Å². The summed E-state index contributed by atoms with van der Waals surface area (Å²) in [5, 5.41) is 15.2. The van der Waals surface area contributed by atoms with Gasteiger partial charge in [0.25, 0.3) is 0 Å². The van der Waals surface area contributed by atoms with Crippen LogP contribution in [0.15, 0.2) is 36.4 Å². The van der Waals surface area contributed by atoms with Crippen molar-refractivity contribution in [3.63, 3.8) is 0 Å². The smallest absolute Gasteiger partial charge is 0.245 e. The van der Waals surface area contributed by atoms with Crippen LogP contribution in [0.2, 0.25) is 5.02 Å². The van der Waals surface area contributed by atoms with Gasteiger partial charge in [-0.05, 0) is 49.3 Å². The molecule has 1 saturated carbocycles. The molecule has 2 amide bonds. The van der Waals surface area contributed by atoms with E-state index in [-0.39, 0.29) is 23.7 Å². The molecule has 1 aromatic rings. The second-order valence-electron chi connectivity index (χ2n) is 10.2. The minimum atomic E-state index is -1.06. The lowest BCUT2D eigenvalue weighted by atomic mass is 9.66. The number of nitrogens with zero attached hydrogens (tertiary/aromatic N) is 1. The topological polar surface area (TPSA) is 69.6 Å².